The van der Waals surface area contributed by atoms with Crippen LogP contribution >= 0.6 is 23.2 Å². The van der Waals surface area contributed by atoms with Gasteiger partial charge in [0.25, 0.3) is 0 Å². The topological polar surface area (TPSA) is 108 Å². The molecule has 0 bridgehead atoms. The second kappa shape index (κ2) is 11.8. The monoisotopic (exact) mass is 563 g/mol. The first-order valence-electron chi connectivity index (χ1n) is 13.2. The van der Waals surface area contributed by atoms with Crippen molar-refractivity contribution in [2.45, 2.75) is 57.8 Å². The molecule has 5 rings (SSSR count). The SMILES string of the molecule is Cc1cc(C(=N)c2cc(OCc3c(Cl)cncc3Cl)ccc2N)cc(C#N)c1OC1CCN(C2CCC2)CC1. The van der Waals surface area contributed by atoms with E-state index >= 15 is 0 Å². The van der Waals surface area contributed by atoms with Crippen LogP contribution in [0.15, 0.2) is 42.7 Å². The second-order valence-electron chi connectivity index (χ2n) is 10.2. The summed E-state index contributed by atoms with van der Waals surface area (Å²) in [5.41, 5.74) is 9.83. The summed E-state index contributed by atoms with van der Waals surface area (Å²) in [6, 6.07) is 11.7. The van der Waals surface area contributed by atoms with Gasteiger partial charge >= 0.3 is 0 Å². The lowest BCUT2D eigenvalue weighted by atomic mass is 9.89. The van der Waals surface area contributed by atoms with Crippen LogP contribution in [-0.4, -0.2) is 40.8 Å². The molecule has 0 spiro atoms. The Morgan fingerprint density at radius 2 is 1.85 bits per heavy atom. The molecule has 3 aromatic rings. The molecule has 1 saturated heterocycles. The molecule has 9 heteroatoms. The Kier molecular flexibility index (Phi) is 8.27. The Morgan fingerprint density at radius 1 is 1.13 bits per heavy atom. The first kappa shape index (κ1) is 27.3. The highest BCUT2D eigenvalue weighted by atomic mass is 35.5. The molecule has 39 heavy (non-hydrogen) atoms. The van der Waals surface area contributed by atoms with Gasteiger partial charge in [0.05, 0.1) is 21.3 Å². The lowest BCUT2D eigenvalue weighted by Gasteiger charge is -2.41. The number of aromatic nitrogens is 1. The fourth-order valence-electron chi connectivity index (χ4n) is 5.16. The molecule has 0 unspecified atom stereocenters. The van der Waals surface area contributed by atoms with Crippen LogP contribution in [0.5, 0.6) is 11.5 Å². The molecule has 202 valence electrons. The highest BCUT2D eigenvalue weighted by molar-refractivity contribution is 6.35. The van der Waals surface area contributed by atoms with Gasteiger partial charge in [-0.3, -0.25) is 10.4 Å². The van der Waals surface area contributed by atoms with Gasteiger partial charge in [-0.1, -0.05) is 29.6 Å². The Morgan fingerprint density at radius 3 is 2.49 bits per heavy atom. The number of nitrogens with zero attached hydrogens (tertiary/aromatic N) is 3. The van der Waals surface area contributed by atoms with E-state index in [-0.39, 0.29) is 18.4 Å². The number of hydrogen-bond donors (Lipinski definition) is 2. The quantitative estimate of drug-likeness (QED) is 0.238. The Balaban J connectivity index is 1.31. The van der Waals surface area contributed by atoms with Crippen LogP contribution in [0.3, 0.4) is 0 Å². The van der Waals surface area contributed by atoms with E-state index < -0.39 is 0 Å². The Bertz CT molecular complexity index is 1410. The van der Waals surface area contributed by atoms with Crippen LogP contribution in [0.25, 0.3) is 0 Å². The molecule has 2 aromatic carbocycles. The Labute approximate surface area is 239 Å². The summed E-state index contributed by atoms with van der Waals surface area (Å²) in [6.45, 7) is 4.13. The summed E-state index contributed by atoms with van der Waals surface area (Å²) in [4.78, 5) is 6.54. The second-order valence-corrected chi connectivity index (χ2v) is 11.0. The summed E-state index contributed by atoms with van der Waals surface area (Å²) >= 11 is 12.4. The normalized spacial score (nSPS) is 16.4. The van der Waals surface area contributed by atoms with Gasteiger partial charge in [0.1, 0.15) is 30.3 Å². The van der Waals surface area contributed by atoms with Crippen LogP contribution < -0.4 is 15.2 Å². The number of nitrogens with two attached hydrogens (primary N) is 1. The number of hydrogen-bond acceptors (Lipinski definition) is 7. The number of likely N-dealkylation sites (tertiary alicyclic amines) is 1. The van der Waals surface area contributed by atoms with Crippen molar-refractivity contribution in [1.29, 1.82) is 10.7 Å². The van der Waals surface area contributed by atoms with Crippen LogP contribution in [0.1, 0.15) is 59.9 Å². The van der Waals surface area contributed by atoms with Crippen LogP contribution in [-0.2, 0) is 6.61 Å². The average Bonchev–Trinajstić information content (AvgIpc) is 2.90. The lowest BCUT2D eigenvalue weighted by molar-refractivity contribution is 0.0489. The molecule has 3 N–H and O–H groups in total. The van der Waals surface area contributed by atoms with E-state index in [0.29, 0.717) is 49.5 Å². The van der Waals surface area contributed by atoms with Crippen LogP contribution in [0, 0.1) is 23.7 Å². The summed E-state index contributed by atoms with van der Waals surface area (Å²) in [5.74, 6) is 1.12. The van der Waals surface area contributed by atoms with Gasteiger partial charge in [-0.05, 0) is 68.5 Å². The minimum Gasteiger partial charge on any atom is -0.489 e. The third-order valence-electron chi connectivity index (χ3n) is 7.67. The molecule has 1 saturated carbocycles. The molecule has 0 radical (unpaired) electrons. The number of benzene rings is 2. The maximum absolute atomic E-state index is 9.95. The van der Waals surface area contributed by atoms with Gasteiger partial charge in [0.15, 0.2) is 0 Å². The molecule has 2 fully saturated rings. The molecular weight excluding hydrogens is 533 g/mol. The largest absolute Gasteiger partial charge is 0.489 e. The van der Waals surface area contributed by atoms with Crippen molar-refractivity contribution >= 4 is 34.6 Å². The van der Waals surface area contributed by atoms with Gasteiger partial charge in [0.2, 0.25) is 0 Å². The fraction of sp³-hybridized carbons (Fsp3) is 0.367. The third kappa shape index (κ3) is 5.99. The molecule has 1 aromatic heterocycles. The van der Waals surface area contributed by atoms with Gasteiger partial charge in [-0.25, -0.2) is 0 Å². The average molecular weight is 565 g/mol. The molecule has 1 aliphatic carbocycles. The zero-order valence-corrected chi connectivity index (χ0v) is 23.4. The number of pyridine rings is 1. The van der Waals surface area contributed by atoms with E-state index in [1.54, 1.807) is 24.3 Å². The number of piperidine rings is 1. The minimum atomic E-state index is 0.0873. The zero-order chi connectivity index (χ0) is 27.5. The molecule has 7 nitrogen and oxygen atoms in total. The summed E-state index contributed by atoms with van der Waals surface area (Å²) in [7, 11) is 0. The fourth-order valence-corrected chi connectivity index (χ4v) is 5.64. The van der Waals surface area contributed by atoms with Crippen molar-refractivity contribution in [1.82, 2.24) is 9.88 Å². The van der Waals surface area contributed by atoms with Crippen molar-refractivity contribution in [3.8, 4) is 17.6 Å². The van der Waals surface area contributed by atoms with E-state index in [1.807, 2.05) is 13.0 Å². The van der Waals surface area contributed by atoms with Crippen molar-refractivity contribution in [3.05, 3.63) is 80.6 Å². The van der Waals surface area contributed by atoms with Gasteiger partial charge in [-0.2, -0.15) is 5.26 Å². The number of nitrogen functional groups attached to an aromatic ring is 1. The van der Waals surface area contributed by atoms with Crippen molar-refractivity contribution < 1.29 is 9.47 Å². The number of anilines is 1. The predicted octanol–water partition coefficient (Wildman–Crippen LogP) is 6.54. The minimum absolute atomic E-state index is 0.0873. The zero-order valence-electron chi connectivity index (χ0n) is 21.8. The van der Waals surface area contributed by atoms with Crippen molar-refractivity contribution in [2.75, 3.05) is 18.8 Å². The molecule has 2 heterocycles. The molecule has 0 amide bonds. The molecule has 1 aliphatic heterocycles. The first-order chi connectivity index (χ1) is 18.8. The van der Waals surface area contributed by atoms with Crippen molar-refractivity contribution in [3.63, 3.8) is 0 Å². The van der Waals surface area contributed by atoms with E-state index in [0.717, 1.165) is 37.5 Å². The van der Waals surface area contributed by atoms with Gasteiger partial charge < -0.3 is 20.1 Å². The maximum atomic E-state index is 9.95. The van der Waals surface area contributed by atoms with Gasteiger partial charge in [0, 0.05) is 53.9 Å². The van der Waals surface area contributed by atoms with Crippen LogP contribution in [0.4, 0.5) is 5.69 Å². The number of halogens is 2. The van der Waals surface area contributed by atoms with E-state index in [2.05, 4.69) is 16.0 Å². The molecule has 2 aliphatic rings. The standard InChI is InChI=1S/C30H31Cl2N5O2/c1-18-11-19(12-20(14-33)30(18)39-22-7-9-37(10-8-22)21-3-2-4-21)29(35)24-13-23(5-6-28(24)34)38-17-25-26(31)15-36-16-27(25)32/h5-6,11-13,15-16,21-22,35H,2-4,7-10,17,34H2,1H3. The highest BCUT2D eigenvalue weighted by Gasteiger charge is 2.30. The van der Waals surface area contributed by atoms with Crippen molar-refractivity contribution in [2.24, 2.45) is 0 Å². The number of aryl methyl sites for hydroxylation is 1. The summed E-state index contributed by atoms with van der Waals surface area (Å²) in [6.07, 6.45) is 8.98. The van der Waals surface area contributed by atoms with E-state index in [9.17, 15) is 5.26 Å². The maximum Gasteiger partial charge on any atom is 0.140 e. The molecule has 0 atom stereocenters. The van der Waals surface area contributed by atoms with E-state index in [1.165, 1.54) is 31.7 Å². The number of nitriles is 1. The third-order valence-corrected chi connectivity index (χ3v) is 8.32. The number of rotatable bonds is 8. The lowest BCUT2D eigenvalue weighted by Crippen LogP contribution is -2.46. The van der Waals surface area contributed by atoms with E-state index in [4.69, 9.17) is 43.8 Å². The molecular formula is C30H31Cl2N5O2. The highest BCUT2D eigenvalue weighted by Crippen LogP contribution is 2.33. The summed E-state index contributed by atoms with van der Waals surface area (Å²) < 4.78 is 12.3. The predicted molar refractivity (Wildman–Crippen MR) is 154 cm³/mol. The number of ether oxygens (including phenoxy) is 2. The smallest absolute Gasteiger partial charge is 0.140 e. The summed E-state index contributed by atoms with van der Waals surface area (Å²) in [5, 5.41) is 19.7. The van der Waals surface area contributed by atoms with Gasteiger partial charge in [-0.15, -0.1) is 0 Å². The van der Waals surface area contributed by atoms with Crippen LogP contribution in [0.2, 0.25) is 10.0 Å². The number of nitrogens with one attached hydrogen (secondary N) is 1. The first-order valence-corrected chi connectivity index (χ1v) is 13.9. The Hall–Kier alpha value is -3.31.